The molecule has 106 valence electrons. The molecule has 0 spiro atoms. The number of benzene rings is 1. The van der Waals surface area contributed by atoms with Gasteiger partial charge in [0.1, 0.15) is 17.3 Å². The summed E-state index contributed by atoms with van der Waals surface area (Å²) >= 11 is 11.5. The summed E-state index contributed by atoms with van der Waals surface area (Å²) in [4.78, 5) is 13.6. The van der Waals surface area contributed by atoms with Crippen LogP contribution in [0.3, 0.4) is 0 Å². The number of amides is 1. The Kier molecular flexibility index (Phi) is 4.35. The van der Waals surface area contributed by atoms with E-state index in [0.717, 1.165) is 11.8 Å². The van der Waals surface area contributed by atoms with Crippen LogP contribution in [0, 0.1) is 12.7 Å². The van der Waals surface area contributed by atoms with E-state index in [1.807, 2.05) is 13.0 Å². The van der Waals surface area contributed by atoms with Gasteiger partial charge in [0.2, 0.25) is 0 Å². The standard InChI is InChI=1S/C14H12Cl2FNO2/c1-8-3-4-9(20-8)7-18(2)14(19)10-5-13(17)12(16)6-11(10)15/h3-6H,7H2,1-2H3. The lowest BCUT2D eigenvalue weighted by Crippen LogP contribution is -2.26. The summed E-state index contributed by atoms with van der Waals surface area (Å²) in [6.45, 7) is 2.09. The number of aryl methyl sites for hydroxylation is 1. The second kappa shape index (κ2) is 5.85. The second-order valence-electron chi connectivity index (χ2n) is 4.42. The van der Waals surface area contributed by atoms with Crippen molar-refractivity contribution >= 4 is 29.1 Å². The highest BCUT2D eigenvalue weighted by Gasteiger charge is 2.18. The Hall–Kier alpha value is -1.52. The molecule has 0 saturated heterocycles. The van der Waals surface area contributed by atoms with E-state index >= 15 is 0 Å². The van der Waals surface area contributed by atoms with Crippen LogP contribution >= 0.6 is 23.2 Å². The lowest BCUT2D eigenvalue weighted by atomic mass is 10.2. The summed E-state index contributed by atoms with van der Waals surface area (Å²) in [5.74, 6) is 0.321. The molecule has 1 aromatic carbocycles. The summed E-state index contributed by atoms with van der Waals surface area (Å²) in [6.07, 6.45) is 0. The molecule has 0 aliphatic carbocycles. The van der Waals surface area contributed by atoms with Gasteiger partial charge in [-0.25, -0.2) is 4.39 Å². The third-order valence-electron chi connectivity index (χ3n) is 2.78. The molecule has 0 bridgehead atoms. The first kappa shape index (κ1) is 14.9. The monoisotopic (exact) mass is 315 g/mol. The van der Waals surface area contributed by atoms with E-state index in [2.05, 4.69) is 0 Å². The number of carbonyl (C=O) groups is 1. The van der Waals surface area contributed by atoms with Crippen LogP contribution in [0.1, 0.15) is 21.9 Å². The van der Waals surface area contributed by atoms with Crippen LogP contribution in [-0.4, -0.2) is 17.9 Å². The van der Waals surface area contributed by atoms with Crippen molar-refractivity contribution in [2.75, 3.05) is 7.05 Å². The van der Waals surface area contributed by atoms with Gasteiger partial charge in [0.15, 0.2) is 0 Å². The molecule has 3 nitrogen and oxygen atoms in total. The number of nitrogens with zero attached hydrogens (tertiary/aromatic N) is 1. The Bertz CT molecular complexity index is 655. The minimum atomic E-state index is -0.679. The quantitative estimate of drug-likeness (QED) is 0.791. The Morgan fingerprint density at radius 3 is 2.60 bits per heavy atom. The van der Waals surface area contributed by atoms with E-state index in [1.165, 1.54) is 11.0 Å². The van der Waals surface area contributed by atoms with E-state index in [9.17, 15) is 9.18 Å². The van der Waals surface area contributed by atoms with Crippen LogP contribution in [0.2, 0.25) is 10.0 Å². The minimum absolute atomic E-state index is 0.0688. The molecular formula is C14H12Cl2FNO2. The predicted molar refractivity (Wildman–Crippen MR) is 75.7 cm³/mol. The van der Waals surface area contributed by atoms with Crippen molar-refractivity contribution in [1.29, 1.82) is 0 Å². The average Bonchev–Trinajstić information content (AvgIpc) is 2.78. The van der Waals surface area contributed by atoms with Crippen molar-refractivity contribution in [1.82, 2.24) is 4.90 Å². The molecule has 0 unspecified atom stereocenters. The minimum Gasteiger partial charge on any atom is -0.464 e. The zero-order valence-corrected chi connectivity index (χ0v) is 12.4. The zero-order chi connectivity index (χ0) is 14.9. The van der Waals surface area contributed by atoms with Gasteiger partial charge in [-0.05, 0) is 31.2 Å². The highest BCUT2D eigenvalue weighted by atomic mass is 35.5. The first-order valence-electron chi connectivity index (χ1n) is 5.84. The molecule has 1 amide bonds. The largest absolute Gasteiger partial charge is 0.464 e. The summed E-state index contributed by atoms with van der Waals surface area (Å²) in [5, 5.41) is -0.000243. The molecule has 0 N–H and O–H groups in total. The van der Waals surface area contributed by atoms with Crippen molar-refractivity contribution < 1.29 is 13.6 Å². The third kappa shape index (κ3) is 3.14. The maximum atomic E-state index is 13.4. The highest BCUT2D eigenvalue weighted by molar-refractivity contribution is 6.36. The van der Waals surface area contributed by atoms with Crippen LogP contribution < -0.4 is 0 Å². The molecule has 2 rings (SSSR count). The van der Waals surface area contributed by atoms with E-state index in [-0.39, 0.29) is 22.2 Å². The van der Waals surface area contributed by atoms with Gasteiger partial charge in [0, 0.05) is 7.05 Å². The Labute approximate surface area is 125 Å². The first-order chi connectivity index (χ1) is 9.38. The van der Waals surface area contributed by atoms with Gasteiger partial charge in [-0.3, -0.25) is 4.79 Å². The van der Waals surface area contributed by atoms with Crippen molar-refractivity contribution in [2.45, 2.75) is 13.5 Å². The van der Waals surface area contributed by atoms with Crippen LogP contribution in [-0.2, 0) is 6.54 Å². The smallest absolute Gasteiger partial charge is 0.255 e. The van der Waals surface area contributed by atoms with Crippen molar-refractivity contribution in [3.05, 3.63) is 57.2 Å². The Balaban J connectivity index is 2.20. The molecular weight excluding hydrogens is 304 g/mol. The van der Waals surface area contributed by atoms with Crippen LogP contribution in [0.5, 0.6) is 0 Å². The number of hydrogen-bond donors (Lipinski definition) is 0. The van der Waals surface area contributed by atoms with Gasteiger partial charge in [0.05, 0.1) is 22.2 Å². The topological polar surface area (TPSA) is 33.5 Å². The number of carbonyl (C=O) groups excluding carboxylic acids is 1. The highest BCUT2D eigenvalue weighted by Crippen LogP contribution is 2.25. The Morgan fingerprint density at radius 2 is 2.00 bits per heavy atom. The molecule has 0 aliphatic heterocycles. The Morgan fingerprint density at radius 1 is 1.30 bits per heavy atom. The predicted octanol–water partition coefficient (Wildman–Crippen LogP) is 4.31. The maximum absolute atomic E-state index is 13.4. The molecule has 0 saturated carbocycles. The fourth-order valence-corrected chi connectivity index (χ4v) is 2.23. The van der Waals surface area contributed by atoms with Crippen molar-refractivity contribution in [3.8, 4) is 0 Å². The molecule has 0 fully saturated rings. The van der Waals surface area contributed by atoms with Gasteiger partial charge < -0.3 is 9.32 Å². The fraction of sp³-hybridized carbons (Fsp3) is 0.214. The maximum Gasteiger partial charge on any atom is 0.255 e. The number of hydrogen-bond acceptors (Lipinski definition) is 2. The van der Waals surface area contributed by atoms with E-state index in [1.54, 1.807) is 13.1 Å². The average molecular weight is 316 g/mol. The summed E-state index contributed by atoms with van der Waals surface area (Å²) in [7, 11) is 1.59. The summed E-state index contributed by atoms with van der Waals surface area (Å²) in [6, 6.07) is 5.85. The van der Waals surface area contributed by atoms with Crippen molar-refractivity contribution in [3.63, 3.8) is 0 Å². The zero-order valence-electron chi connectivity index (χ0n) is 10.9. The van der Waals surface area contributed by atoms with Crippen LogP contribution in [0.15, 0.2) is 28.7 Å². The molecule has 0 atom stereocenters. The van der Waals surface area contributed by atoms with E-state index in [0.29, 0.717) is 5.76 Å². The fourth-order valence-electron chi connectivity index (χ4n) is 1.77. The number of rotatable bonds is 3. The van der Waals surface area contributed by atoms with Gasteiger partial charge in [0.25, 0.3) is 5.91 Å². The van der Waals surface area contributed by atoms with Crippen LogP contribution in [0.25, 0.3) is 0 Å². The summed E-state index contributed by atoms with van der Waals surface area (Å²) < 4.78 is 18.8. The molecule has 2 aromatic rings. The third-order valence-corrected chi connectivity index (χ3v) is 3.38. The number of furan rings is 1. The van der Waals surface area contributed by atoms with Crippen LogP contribution in [0.4, 0.5) is 4.39 Å². The summed E-state index contributed by atoms with van der Waals surface area (Å²) in [5.41, 5.74) is 0.0688. The first-order valence-corrected chi connectivity index (χ1v) is 6.59. The van der Waals surface area contributed by atoms with Gasteiger partial charge in [-0.15, -0.1) is 0 Å². The molecule has 6 heteroatoms. The molecule has 20 heavy (non-hydrogen) atoms. The van der Waals surface area contributed by atoms with Gasteiger partial charge in [-0.1, -0.05) is 23.2 Å². The van der Waals surface area contributed by atoms with Gasteiger partial charge >= 0.3 is 0 Å². The number of halogens is 3. The van der Waals surface area contributed by atoms with Gasteiger partial charge in [-0.2, -0.15) is 0 Å². The lowest BCUT2D eigenvalue weighted by molar-refractivity contribution is 0.0774. The molecule has 0 aliphatic rings. The SMILES string of the molecule is Cc1ccc(CN(C)C(=O)c2cc(F)c(Cl)cc2Cl)o1. The second-order valence-corrected chi connectivity index (χ2v) is 5.23. The molecule has 0 radical (unpaired) electrons. The van der Waals surface area contributed by atoms with E-state index < -0.39 is 11.7 Å². The molecule has 1 heterocycles. The lowest BCUT2D eigenvalue weighted by Gasteiger charge is -2.16. The van der Waals surface area contributed by atoms with E-state index in [4.69, 9.17) is 27.6 Å². The van der Waals surface area contributed by atoms with Crippen molar-refractivity contribution in [2.24, 2.45) is 0 Å². The molecule has 1 aromatic heterocycles. The normalized spacial score (nSPS) is 10.7.